The van der Waals surface area contributed by atoms with E-state index in [1.807, 2.05) is 28.8 Å². The largest absolute Gasteiger partial charge is 0.247 e. The van der Waals surface area contributed by atoms with E-state index in [-0.39, 0.29) is 0 Å². The molecule has 0 spiro atoms. The third kappa shape index (κ3) is 5.26. The predicted molar refractivity (Wildman–Crippen MR) is 228 cm³/mol. The molecule has 0 saturated heterocycles. The second-order valence-corrected chi connectivity index (χ2v) is 14.1. The molecule has 3 aromatic heterocycles. The van der Waals surface area contributed by atoms with Gasteiger partial charge in [0.1, 0.15) is 0 Å². The Morgan fingerprint density at radius 2 is 0.873 bits per heavy atom. The highest BCUT2D eigenvalue weighted by Gasteiger charge is 2.16. The Hall–Kier alpha value is -7.43. The molecular formula is C51H32N4. The topological polar surface area (TPSA) is 43.1 Å². The van der Waals surface area contributed by atoms with E-state index in [9.17, 15) is 0 Å². The van der Waals surface area contributed by atoms with Crippen LogP contribution >= 0.6 is 0 Å². The van der Waals surface area contributed by atoms with Crippen LogP contribution < -0.4 is 0 Å². The smallest absolute Gasteiger partial charge is 0.161 e. The van der Waals surface area contributed by atoms with Crippen molar-refractivity contribution in [3.05, 3.63) is 194 Å². The molecule has 0 aliphatic rings. The molecule has 55 heavy (non-hydrogen) atoms. The van der Waals surface area contributed by atoms with Crippen LogP contribution in [0, 0.1) is 0 Å². The van der Waals surface area contributed by atoms with Crippen molar-refractivity contribution in [2.75, 3.05) is 0 Å². The lowest BCUT2D eigenvalue weighted by Gasteiger charge is -2.13. The fourth-order valence-corrected chi connectivity index (χ4v) is 8.05. The summed E-state index contributed by atoms with van der Waals surface area (Å²) in [6, 6.07) is 68.6. The molecule has 0 radical (unpaired) electrons. The van der Waals surface area contributed by atoms with Gasteiger partial charge < -0.3 is 0 Å². The summed E-state index contributed by atoms with van der Waals surface area (Å²) in [5.41, 5.74) is 12.8. The molecule has 0 aliphatic heterocycles. The third-order valence-corrected chi connectivity index (χ3v) is 10.8. The van der Waals surface area contributed by atoms with E-state index in [2.05, 4.69) is 170 Å². The Kier molecular flexibility index (Phi) is 7.14. The first kappa shape index (κ1) is 31.1. The summed E-state index contributed by atoms with van der Waals surface area (Å²) >= 11 is 0. The Balaban J connectivity index is 0.903. The standard InChI is InChI=1S/C51H32N4/c1-2-11-38(12-3-1)47-32-48-42-14-6-8-16-45(42)53-51(55(48)54-47)40-28-24-36(25-29-40)34-20-18-33(19-21-34)35-22-26-39(27-23-35)50-44-31-30-37-10-4-5-13-41(37)49(44)43-15-7-9-17-46(43)52-50/h1-32H. The van der Waals surface area contributed by atoms with Crippen molar-refractivity contribution in [1.82, 2.24) is 19.6 Å². The molecule has 0 bridgehead atoms. The molecule has 0 unspecified atom stereocenters. The molecular weight excluding hydrogens is 669 g/mol. The molecule has 0 aliphatic carbocycles. The van der Waals surface area contributed by atoms with Gasteiger partial charge in [-0.3, -0.25) is 0 Å². The van der Waals surface area contributed by atoms with Crippen LogP contribution in [0.4, 0.5) is 0 Å². The van der Waals surface area contributed by atoms with Gasteiger partial charge in [0.05, 0.1) is 27.9 Å². The molecule has 0 amide bonds. The lowest BCUT2D eigenvalue weighted by Crippen LogP contribution is -1.99. The highest BCUT2D eigenvalue weighted by atomic mass is 15.3. The number of pyridine rings is 1. The molecule has 11 rings (SSSR count). The monoisotopic (exact) mass is 700 g/mol. The number of fused-ring (bicyclic) bond motifs is 8. The van der Waals surface area contributed by atoms with Crippen LogP contribution in [-0.4, -0.2) is 19.6 Å². The molecule has 0 fully saturated rings. The summed E-state index contributed by atoms with van der Waals surface area (Å²) in [5.74, 6) is 0.821. The van der Waals surface area contributed by atoms with Crippen molar-refractivity contribution < 1.29 is 0 Å². The van der Waals surface area contributed by atoms with Crippen LogP contribution in [0.25, 0.3) is 105 Å². The average molecular weight is 701 g/mol. The summed E-state index contributed by atoms with van der Waals surface area (Å²) < 4.78 is 1.99. The first-order valence-corrected chi connectivity index (χ1v) is 18.6. The third-order valence-electron chi connectivity index (χ3n) is 10.8. The maximum atomic E-state index is 5.19. The average Bonchev–Trinajstić information content (AvgIpc) is 3.72. The van der Waals surface area contributed by atoms with Gasteiger partial charge in [0, 0.05) is 38.2 Å². The normalized spacial score (nSPS) is 11.6. The fourth-order valence-electron chi connectivity index (χ4n) is 8.05. The zero-order valence-electron chi connectivity index (χ0n) is 29.8. The Morgan fingerprint density at radius 1 is 0.345 bits per heavy atom. The summed E-state index contributed by atoms with van der Waals surface area (Å²) in [6.45, 7) is 0. The molecule has 8 aromatic carbocycles. The van der Waals surface area contributed by atoms with Crippen LogP contribution in [0.15, 0.2) is 194 Å². The second-order valence-electron chi connectivity index (χ2n) is 14.1. The van der Waals surface area contributed by atoms with Crippen LogP contribution in [0.2, 0.25) is 0 Å². The van der Waals surface area contributed by atoms with Crippen molar-refractivity contribution in [2.45, 2.75) is 0 Å². The minimum absolute atomic E-state index is 0.821. The van der Waals surface area contributed by atoms with Crippen molar-refractivity contribution in [1.29, 1.82) is 0 Å². The summed E-state index contributed by atoms with van der Waals surface area (Å²) in [7, 11) is 0. The van der Waals surface area contributed by atoms with E-state index in [1.54, 1.807) is 0 Å². The van der Waals surface area contributed by atoms with Gasteiger partial charge in [0.25, 0.3) is 0 Å². The van der Waals surface area contributed by atoms with Crippen molar-refractivity contribution in [2.24, 2.45) is 0 Å². The zero-order valence-corrected chi connectivity index (χ0v) is 29.8. The lowest BCUT2D eigenvalue weighted by molar-refractivity contribution is 0.949. The highest BCUT2D eigenvalue weighted by Crippen LogP contribution is 2.38. The van der Waals surface area contributed by atoms with Gasteiger partial charge in [0.2, 0.25) is 0 Å². The number of aromatic nitrogens is 4. The van der Waals surface area contributed by atoms with Crippen LogP contribution in [0.1, 0.15) is 0 Å². The SMILES string of the molecule is c1ccc(-c2cc3c4ccccc4nc(-c4ccc(-c5ccc(-c6ccc(-c7nc8ccccc8c8c7ccc7ccccc78)cc6)cc5)cc4)n3n2)cc1. The van der Waals surface area contributed by atoms with E-state index in [0.29, 0.717) is 0 Å². The van der Waals surface area contributed by atoms with Gasteiger partial charge >= 0.3 is 0 Å². The van der Waals surface area contributed by atoms with E-state index in [0.717, 1.165) is 67.0 Å². The number of hydrogen-bond donors (Lipinski definition) is 0. The van der Waals surface area contributed by atoms with Crippen molar-refractivity contribution in [3.8, 4) is 56.2 Å². The maximum Gasteiger partial charge on any atom is 0.161 e. The van der Waals surface area contributed by atoms with Gasteiger partial charge in [-0.15, -0.1) is 0 Å². The van der Waals surface area contributed by atoms with Crippen LogP contribution in [0.3, 0.4) is 0 Å². The van der Waals surface area contributed by atoms with Crippen LogP contribution in [0.5, 0.6) is 0 Å². The van der Waals surface area contributed by atoms with Gasteiger partial charge in [-0.1, -0.05) is 176 Å². The second kappa shape index (κ2) is 12.6. The number of nitrogens with zero attached hydrogens (tertiary/aromatic N) is 4. The van der Waals surface area contributed by atoms with Crippen molar-refractivity contribution >= 4 is 48.9 Å². The number of rotatable bonds is 5. The fraction of sp³-hybridized carbons (Fsp3) is 0. The first-order valence-electron chi connectivity index (χ1n) is 18.6. The summed E-state index contributed by atoms with van der Waals surface area (Å²) in [4.78, 5) is 10.3. The van der Waals surface area contributed by atoms with Crippen molar-refractivity contribution in [3.63, 3.8) is 0 Å². The summed E-state index contributed by atoms with van der Waals surface area (Å²) in [5, 5.41) is 12.2. The van der Waals surface area contributed by atoms with Crippen LogP contribution in [-0.2, 0) is 0 Å². The van der Waals surface area contributed by atoms with E-state index >= 15 is 0 Å². The van der Waals surface area contributed by atoms with Gasteiger partial charge in [-0.25, -0.2) is 14.5 Å². The molecule has 0 atom stereocenters. The molecule has 4 nitrogen and oxygen atoms in total. The number of para-hydroxylation sites is 2. The molecule has 256 valence electrons. The van der Waals surface area contributed by atoms with E-state index in [1.165, 1.54) is 38.1 Å². The molecule has 0 N–H and O–H groups in total. The number of benzene rings is 8. The van der Waals surface area contributed by atoms with Gasteiger partial charge in [0.15, 0.2) is 5.82 Å². The molecule has 0 saturated carbocycles. The molecule has 3 heterocycles. The minimum atomic E-state index is 0.821. The minimum Gasteiger partial charge on any atom is -0.247 e. The summed E-state index contributed by atoms with van der Waals surface area (Å²) in [6.07, 6.45) is 0. The number of hydrogen-bond acceptors (Lipinski definition) is 3. The van der Waals surface area contributed by atoms with Gasteiger partial charge in [-0.2, -0.15) is 5.10 Å². The zero-order chi connectivity index (χ0) is 36.3. The highest BCUT2D eigenvalue weighted by molar-refractivity contribution is 6.22. The Labute approximate surface area is 317 Å². The van der Waals surface area contributed by atoms with E-state index < -0.39 is 0 Å². The maximum absolute atomic E-state index is 5.19. The molecule has 4 heteroatoms. The van der Waals surface area contributed by atoms with Gasteiger partial charge in [-0.05, 0) is 51.2 Å². The Bertz CT molecular complexity index is 3200. The van der Waals surface area contributed by atoms with E-state index in [4.69, 9.17) is 15.1 Å². The predicted octanol–water partition coefficient (Wildman–Crippen LogP) is 13.1. The quantitative estimate of drug-likeness (QED) is 0.168. The first-order chi connectivity index (χ1) is 27.2. The molecule has 11 aromatic rings. The lowest BCUT2D eigenvalue weighted by atomic mass is 9.94. The Morgan fingerprint density at radius 3 is 1.55 bits per heavy atom.